The summed E-state index contributed by atoms with van der Waals surface area (Å²) < 4.78 is 25.4. The van der Waals surface area contributed by atoms with Gasteiger partial charge in [-0.25, -0.2) is 13.8 Å². The van der Waals surface area contributed by atoms with Gasteiger partial charge in [-0.05, 0) is 0 Å². The fraction of sp³-hybridized carbons (Fsp3) is 0.125. The lowest BCUT2D eigenvalue weighted by molar-refractivity contribution is 0.145. The average Bonchev–Trinajstić information content (AvgIpc) is 2.62. The highest BCUT2D eigenvalue weighted by Gasteiger charge is 2.13. The topological polar surface area (TPSA) is 63.6 Å². The first-order valence-corrected chi connectivity index (χ1v) is 4.05. The smallest absolute Gasteiger partial charge is 0.279 e. The summed E-state index contributed by atoms with van der Waals surface area (Å²) in [7, 11) is 0. The van der Waals surface area contributed by atoms with Crippen molar-refractivity contribution in [1.29, 1.82) is 0 Å². The molecule has 15 heavy (non-hydrogen) atoms. The maximum absolute atomic E-state index is 12.3. The SMILES string of the molecule is O=c1cc(C(F)F)[nH]n1-c1cnccn1. The van der Waals surface area contributed by atoms with Gasteiger partial charge in [-0.1, -0.05) is 0 Å². The maximum Gasteiger partial charge on any atom is 0.279 e. The number of alkyl halides is 2. The predicted molar refractivity (Wildman–Crippen MR) is 46.9 cm³/mol. The van der Waals surface area contributed by atoms with Crippen molar-refractivity contribution in [2.45, 2.75) is 6.43 Å². The van der Waals surface area contributed by atoms with Gasteiger partial charge in [-0.3, -0.25) is 14.9 Å². The van der Waals surface area contributed by atoms with Gasteiger partial charge in [0.05, 0.1) is 6.20 Å². The molecule has 2 rings (SSSR count). The van der Waals surface area contributed by atoms with Crippen LogP contribution >= 0.6 is 0 Å². The van der Waals surface area contributed by atoms with Crippen LogP contribution in [0.5, 0.6) is 0 Å². The van der Waals surface area contributed by atoms with E-state index in [1.54, 1.807) is 0 Å². The summed E-state index contributed by atoms with van der Waals surface area (Å²) in [6.45, 7) is 0. The second-order valence-electron chi connectivity index (χ2n) is 2.75. The highest BCUT2D eigenvalue weighted by Crippen LogP contribution is 2.14. The zero-order valence-corrected chi connectivity index (χ0v) is 7.39. The largest absolute Gasteiger partial charge is 0.288 e. The summed E-state index contributed by atoms with van der Waals surface area (Å²) in [6, 6.07) is 0.833. The first-order chi connectivity index (χ1) is 7.18. The molecule has 2 heterocycles. The number of hydrogen-bond donors (Lipinski definition) is 1. The molecule has 78 valence electrons. The van der Waals surface area contributed by atoms with Gasteiger partial charge >= 0.3 is 0 Å². The fourth-order valence-electron chi connectivity index (χ4n) is 1.10. The summed E-state index contributed by atoms with van der Waals surface area (Å²) in [4.78, 5) is 18.8. The van der Waals surface area contributed by atoms with Gasteiger partial charge in [0.1, 0.15) is 5.69 Å². The highest BCUT2D eigenvalue weighted by molar-refractivity contribution is 5.17. The second-order valence-corrected chi connectivity index (χ2v) is 2.75. The number of halogens is 2. The summed E-state index contributed by atoms with van der Waals surface area (Å²) in [5, 5.41) is 2.25. The number of aromatic amines is 1. The second kappa shape index (κ2) is 3.60. The van der Waals surface area contributed by atoms with Gasteiger partial charge in [0.25, 0.3) is 12.0 Å². The van der Waals surface area contributed by atoms with Crippen LogP contribution in [-0.2, 0) is 0 Å². The minimum Gasteiger partial charge on any atom is -0.288 e. The molecule has 0 aliphatic heterocycles. The van der Waals surface area contributed by atoms with E-state index in [4.69, 9.17) is 0 Å². The summed E-state index contributed by atoms with van der Waals surface area (Å²) in [6.07, 6.45) is 1.37. The summed E-state index contributed by atoms with van der Waals surface area (Å²) in [5.41, 5.74) is -1.03. The molecular formula is C8H6F2N4O. The molecule has 0 bridgehead atoms. The first kappa shape index (κ1) is 9.50. The third-order valence-electron chi connectivity index (χ3n) is 1.75. The number of nitrogens with zero attached hydrogens (tertiary/aromatic N) is 3. The molecule has 2 aromatic rings. The lowest BCUT2D eigenvalue weighted by atomic mass is 10.5. The van der Waals surface area contributed by atoms with Gasteiger partial charge < -0.3 is 0 Å². The molecule has 2 aromatic heterocycles. The van der Waals surface area contributed by atoms with Crippen LogP contribution in [0.1, 0.15) is 12.1 Å². The van der Waals surface area contributed by atoms with E-state index in [-0.39, 0.29) is 5.82 Å². The lowest BCUT2D eigenvalue weighted by Crippen LogP contribution is -2.14. The summed E-state index contributed by atoms with van der Waals surface area (Å²) >= 11 is 0. The van der Waals surface area contributed by atoms with Crippen molar-refractivity contribution in [3.05, 3.63) is 40.7 Å². The number of nitrogens with one attached hydrogen (secondary N) is 1. The fourth-order valence-corrected chi connectivity index (χ4v) is 1.10. The number of hydrogen-bond acceptors (Lipinski definition) is 3. The molecule has 0 atom stereocenters. The van der Waals surface area contributed by atoms with Gasteiger partial charge in [0.15, 0.2) is 5.82 Å². The van der Waals surface area contributed by atoms with E-state index in [0.29, 0.717) is 0 Å². The van der Waals surface area contributed by atoms with E-state index < -0.39 is 17.7 Å². The van der Waals surface area contributed by atoms with E-state index in [0.717, 1.165) is 10.7 Å². The Balaban J connectivity index is 2.50. The van der Waals surface area contributed by atoms with E-state index in [2.05, 4.69) is 15.1 Å². The molecule has 0 radical (unpaired) electrons. The van der Waals surface area contributed by atoms with Crippen LogP contribution in [0, 0.1) is 0 Å². The van der Waals surface area contributed by atoms with Gasteiger partial charge in [0.2, 0.25) is 0 Å². The Morgan fingerprint density at radius 1 is 1.40 bits per heavy atom. The average molecular weight is 212 g/mol. The van der Waals surface area contributed by atoms with Crippen LogP contribution in [0.15, 0.2) is 29.5 Å². The monoisotopic (exact) mass is 212 g/mol. The van der Waals surface area contributed by atoms with E-state index in [1.165, 1.54) is 18.6 Å². The van der Waals surface area contributed by atoms with Crippen LogP contribution < -0.4 is 5.56 Å². The number of aromatic nitrogens is 4. The van der Waals surface area contributed by atoms with Crippen molar-refractivity contribution in [1.82, 2.24) is 19.7 Å². The van der Waals surface area contributed by atoms with Crippen LogP contribution in [0.3, 0.4) is 0 Å². The van der Waals surface area contributed by atoms with Crippen LogP contribution in [0.4, 0.5) is 8.78 Å². The van der Waals surface area contributed by atoms with Crippen molar-refractivity contribution in [3.63, 3.8) is 0 Å². The van der Waals surface area contributed by atoms with Crippen LogP contribution in [0.25, 0.3) is 5.82 Å². The molecule has 0 saturated carbocycles. The van der Waals surface area contributed by atoms with Crippen molar-refractivity contribution in [2.24, 2.45) is 0 Å². The van der Waals surface area contributed by atoms with Crippen LogP contribution in [-0.4, -0.2) is 19.7 Å². The Bertz CT molecular complexity index is 505. The van der Waals surface area contributed by atoms with Crippen molar-refractivity contribution < 1.29 is 8.78 Å². The standard InChI is InChI=1S/C8H6F2N4O/c9-8(10)5-3-7(15)14(13-5)6-4-11-1-2-12-6/h1-4,8,13H. The lowest BCUT2D eigenvalue weighted by Gasteiger charge is -1.98. The first-order valence-electron chi connectivity index (χ1n) is 4.05. The molecule has 0 fully saturated rings. The number of rotatable bonds is 2. The van der Waals surface area contributed by atoms with Crippen molar-refractivity contribution >= 4 is 0 Å². The number of H-pyrrole nitrogens is 1. The molecule has 0 aromatic carbocycles. The third kappa shape index (κ3) is 1.76. The molecule has 0 aliphatic rings. The zero-order valence-electron chi connectivity index (χ0n) is 7.39. The zero-order chi connectivity index (χ0) is 10.8. The van der Waals surface area contributed by atoms with Gasteiger partial charge in [-0.15, -0.1) is 0 Å². The van der Waals surface area contributed by atoms with E-state index >= 15 is 0 Å². The van der Waals surface area contributed by atoms with Gasteiger partial charge in [0, 0.05) is 18.5 Å². The molecule has 7 heteroatoms. The Hall–Kier alpha value is -2.05. The highest BCUT2D eigenvalue weighted by atomic mass is 19.3. The minimum atomic E-state index is -2.71. The van der Waals surface area contributed by atoms with E-state index in [1.807, 2.05) is 0 Å². The quantitative estimate of drug-likeness (QED) is 0.804. The molecule has 0 spiro atoms. The molecule has 0 aliphatic carbocycles. The van der Waals surface area contributed by atoms with Gasteiger partial charge in [-0.2, -0.15) is 4.68 Å². The Labute approximate surface area is 82.4 Å². The molecular weight excluding hydrogens is 206 g/mol. The Morgan fingerprint density at radius 3 is 2.73 bits per heavy atom. The third-order valence-corrected chi connectivity index (χ3v) is 1.75. The molecule has 1 N–H and O–H groups in total. The molecule has 0 unspecified atom stereocenters. The Morgan fingerprint density at radius 2 is 2.20 bits per heavy atom. The Kier molecular flexibility index (Phi) is 2.28. The normalized spacial score (nSPS) is 10.9. The van der Waals surface area contributed by atoms with Crippen molar-refractivity contribution in [2.75, 3.05) is 0 Å². The molecule has 5 nitrogen and oxygen atoms in total. The van der Waals surface area contributed by atoms with Crippen LogP contribution in [0.2, 0.25) is 0 Å². The minimum absolute atomic E-state index is 0.175. The molecule has 0 amide bonds. The van der Waals surface area contributed by atoms with E-state index in [9.17, 15) is 13.6 Å². The predicted octanol–water partition coefficient (Wildman–Crippen LogP) is 0.893. The summed E-state index contributed by atoms with van der Waals surface area (Å²) in [5.74, 6) is 0.175. The molecule has 0 saturated heterocycles. The maximum atomic E-state index is 12.3. The van der Waals surface area contributed by atoms with Crippen molar-refractivity contribution in [3.8, 4) is 5.82 Å².